The molecule has 0 fully saturated rings. The van der Waals surface area contributed by atoms with E-state index < -0.39 is 41.1 Å². The molecule has 0 heterocycles. The average molecular weight is 1040 g/mol. The van der Waals surface area contributed by atoms with E-state index in [0.29, 0.717) is 35.8 Å². The Morgan fingerprint density at radius 3 is 0.987 bits per heavy atom. The Labute approximate surface area is 447 Å². The zero-order valence-electron chi connectivity index (χ0n) is 44.1. The van der Waals surface area contributed by atoms with Gasteiger partial charge in [-0.25, -0.2) is 28.0 Å². The lowest BCUT2D eigenvalue weighted by Crippen LogP contribution is -2.11. The van der Waals surface area contributed by atoms with Crippen molar-refractivity contribution in [2.24, 2.45) is 0 Å². The van der Waals surface area contributed by atoms with Gasteiger partial charge in [0.2, 0.25) is 0 Å². The summed E-state index contributed by atoms with van der Waals surface area (Å²) in [6.07, 6.45) is 24.9. The fourth-order valence-corrected chi connectivity index (χ4v) is 8.52. The van der Waals surface area contributed by atoms with Crippen molar-refractivity contribution in [3.05, 3.63) is 167 Å². The molecule has 0 aromatic heterocycles. The smallest absolute Gasteiger partial charge is 0.343 e. The lowest BCUT2D eigenvalue weighted by Gasteiger charge is -2.11. The number of rotatable bonds is 33. The van der Waals surface area contributed by atoms with Crippen LogP contribution in [0.2, 0.25) is 0 Å². The molecule has 0 N–H and O–H groups in total. The first-order valence-corrected chi connectivity index (χ1v) is 27.2. The molecular formula is C64H72F2O10. The third-order valence-corrected chi connectivity index (χ3v) is 12.9. The number of benzene rings is 6. The van der Waals surface area contributed by atoms with Gasteiger partial charge in [0.25, 0.3) is 0 Å². The SMILES string of the molecule is CCCCCCCCCCCCOc1ccc(C(=O)Oc2ccc(C(=O)Oc3cccc(-c4c(F)cc(OC(=O)c5ccc(OC(=O)c6ccc(OCCCCCCCCCCCC)cc6)cc5)cc4F)c3)cc2)cc1. The topological polar surface area (TPSA) is 124 Å². The van der Waals surface area contributed by atoms with Crippen LogP contribution in [0.3, 0.4) is 0 Å². The third kappa shape index (κ3) is 19.7. The molecule has 6 aromatic rings. The van der Waals surface area contributed by atoms with E-state index in [9.17, 15) is 19.2 Å². The molecule has 0 unspecified atom stereocenters. The molecule has 0 atom stereocenters. The van der Waals surface area contributed by atoms with Crippen molar-refractivity contribution in [3.8, 4) is 45.6 Å². The second kappa shape index (κ2) is 32.2. The van der Waals surface area contributed by atoms with Crippen LogP contribution in [0.1, 0.15) is 184 Å². The van der Waals surface area contributed by atoms with E-state index in [4.69, 9.17) is 28.4 Å². The summed E-state index contributed by atoms with van der Waals surface area (Å²) in [6, 6.07) is 32.1. The number of carbonyl (C=O) groups is 4. The average Bonchev–Trinajstić information content (AvgIpc) is 3.43. The zero-order valence-corrected chi connectivity index (χ0v) is 44.1. The monoisotopic (exact) mass is 1040 g/mol. The lowest BCUT2D eigenvalue weighted by atomic mass is 10.0. The highest BCUT2D eigenvalue weighted by molar-refractivity contribution is 5.94. The largest absolute Gasteiger partial charge is 0.494 e. The minimum atomic E-state index is -1.03. The van der Waals surface area contributed by atoms with Crippen LogP contribution < -0.4 is 28.4 Å². The first kappa shape index (κ1) is 57.9. The predicted molar refractivity (Wildman–Crippen MR) is 292 cm³/mol. The number of carbonyl (C=O) groups excluding carboxylic acids is 4. The molecule has 12 heteroatoms. The molecule has 0 bridgehead atoms. The maximum Gasteiger partial charge on any atom is 0.343 e. The Bertz CT molecular complexity index is 2700. The minimum Gasteiger partial charge on any atom is -0.494 e. The maximum absolute atomic E-state index is 15.5. The highest BCUT2D eigenvalue weighted by Crippen LogP contribution is 2.33. The molecule has 0 aliphatic rings. The van der Waals surface area contributed by atoms with E-state index in [1.807, 2.05) is 0 Å². The van der Waals surface area contributed by atoms with Crippen LogP contribution in [0, 0.1) is 11.6 Å². The van der Waals surface area contributed by atoms with Crippen molar-refractivity contribution in [3.63, 3.8) is 0 Å². The Morgan fingerprint density at radius 2 is 0.632 bits per heavy atom. The highest BCUT2D eigenvalue weighted by atomic mass is 19.1. The number of ether oxygens (including phenoxy) is 6. The van der Waals surface area contributed by atoms with Gasteiger partial charge < -0.3 is 28.4 Å². The molecule has 0 saturated heterocycles. The van der Waals surface area contributed by atoms with Crippen molar-refractivity contribution in [2.75, 3.05) is 13.2 Å². The summed E-state index contributed by atoms with van der Waals surface area (Å²) < 4.78 is 64.6. The van der Waals surface area contributed by atoms with Gasteiger partial charge >= 0.3 is 23.9 Å². The number of esters is 4. The number of hydrogen-bond acceptors (Lipinski definition) is 10. The summed E-state index contributed by atoms with van der Waals surface area (Å²) in [5.74, 6) is -3.56. The van der Waals surface area contributed by atoms with Crippen LogP contribution >= 0.6 is 0 Å². The Morgan fingerprint density at radius 1 is 0.329 bits per heavy atom. The standard InChI is InChI=1S/C64H72F2O10/c1-3-5-7-9-11-13-15-17-19-21-42-71-52-34-26-47(27-35-52)61(67)73-54-38-30-49(31-39-54)63(69)75-56-25-23-24-51(44-56)60-58(65)45-57(46-59(60)66)76-64(70)50-32-40-55(41-33-50)74-62(68)48-28-36-53(37-29-48)72-43-22-20-18-16-14-12-10-8-6-4-2/h23-41,44-46H,3-22,42-43H2,1-2H3. The van der Waals surface area contributed by atoms with Gasteiger partial charge in [0.05, 0.1) is 41.0 Å². The van der Waals surface area contributed by atoms with Crippen molar-refractivity contribution in [1.82, 2.24) is 0 Å². The Kier molecular flexibility index (Phi) is 24.5. The van der Waals surface area contributed by atoms with Crippen LogP contribution in [0.4, 0.5) is 8.78 Å². The zero-order chi connectivity index (χ0) is 53.7. The first-order valence-electron chi connectivity index (χ1n) is 27.2. The first-order chi connectivity index (χ1) is 37.1. The molecule has 0 spiro atoms. The third-order valence-electron chi connectivity index (χ3n) is 12.9. The minimum absolute atomic E-state index is 0.00916. The van der Waals surface area contributed by atoms with E-state index in [0.717, 1.165) is 37.8 Å². The van der Waals surface area contributed by atoms with Crippen molar-refractivity contribution in [1.29, 1.82) is 0 Å². The van der Waals surface area contributed by atoms with Gasteiger partial charge in [-0.15, -0.1) is 0 Å². The highest BCUT2D eigenvalue weighted by Gasteiger charge is 2.19. The van der Waals surface area contributed by atoms with E-state index in [1.54, 1.807) is 48.5 Å². The van der Waals surface area contributed by atoms with Gasteiger partial charge in [0.1, 0.15) is 46.1 Å². The van der Waals surface area contributed by atoms with E-state index in [-0.39, 0.29) is 39.7 Å². The summed E-state index contributed by atoms with van der Waals surface area (Å²) in [5, 5.41) is 0. The number of hydrogen-bond donors (Lipinski definition) is 0. The normalized spacial score (nSPS) is 10.9. The summed E-state index contributed by atoms with van der Waals surface area (Å²) in [6.45, 7) is 5.69. The molecule has 0 aliphatic carbocycles. The van der Waals surface area contributed by atoms with Crippen LogP contribution in [-0.4, -0.2) is 37.1 Å². The molecule has 6 rings (SSSR count). The van der Waals surface area contributed by atoms with Gasteiger partial charge in [-0.1, -0.05) is 142 Å². The van der Waals surface area contributed by atoms with Crippen LogP contribution in [0.15, 0.2) is 133 Å². The van der Waals surface area contributed by atoms with Gasteiger partial charge in [-0.05, 0) is 128 Å². The lowest BCUT2D eigenvalue weighted by molar-refractivity contribution is 0.0719. The number of halogens is 2. The van der Waals surface area contributed by atoms with Gasteiger partial charge in [0, 0.05) is 12.1 Å². The summed E-state index contributed by atoms with van der Waals surface area (Å²) in [7, 11) is 0. The molecule has 76 heavy (non-hydrogen) atoms. The van der Waals surface area contributed by atoms with Crippen LogP contribution in [0.25, 0.3) is 11.1 Å². The van der Waals surface area contributed by atoms with Gasteiger partial charge in [-0.3, -0.25) is 0 Å². The summed E-state index contributed by atoms with van der Waals surface area (Å²) >= 11 is 0. The summed E-state index contributed by atoms with van der Waals surface area (Å²) in [4.78, 5) is 51.8. The maximum atomic E-state index is 15.5. The Hall–Kier alpha value is -7.34. The Balaban J connectivity index is 0.907. The molecule has 6 aromatic carbocycles. The fraction of sp³-hybridized carbons (Fsp3) is 0.375. The van der Waals surface area contributed by atoms with E-state index in [1.165, 1.54) is 176 Å². The van der Waals surface area contributed by atoms with Gasteiger partial charge in [-0.2, -0.15) is 0 Å². The second-order valence-corrected chi connectivity index (χ2v) is 19.0. The van der Waals surface area contributed by atoms with Crippen LogP contribution in [-0.2, 0) is 0 Å². The van der Waals surface area contributed by atoms with Crippen molar-refractivity contribution in [2.45, 2.75) is 142 Å². The van der Waals surface area contributed by atoms with E-state index in [2.05, 4.69) is 13.8 Å². The van der Waals surface area contributed by atoms with Gasteiger partial charge in [0.15, 0.2) is 0 Å². The molecule has 0 aliphatic heterocycles. The summed E-state index contributed by atoms with van der Waals surface area (Å²) in [5.41, 5.74) is 0.447. The molecule has 0 saturated carbocycles. The van der Waals surface area contributed by atoms with Crippen molar-refractivity contribution >= 4 is 23.9 Å². The van der Waals surface area contributed by atoms with Crippen LogP contribution in [0.5, 0.6) is 34.5 Å². The van der Waals surface area contributed by atoms with E-state index >= 15 is 8.78 Å². The quantitative estimate of drug-likeness (QED) is 0.0224. The molecule has 402 valence electrons. The molecular weight excluding hydrogens is 967 g/mol. The number of unbranched alkanes of at least 4 members (excludes halogenated alkanes) is 18. The predicted octanol–water partition coefficient (Wildman–Crippen LogP) is 17.1. The van der Waals surface area contributed by atoms with Crippen molar-refractivity contribution < 1.29 is 56.4 Å². The molecule has 10 nitrogen and oxygen atoms in total. The second-order valence-electron chi connectivity index (χ2n) is 19.0. The fourth-order valence-electron chi connectivity index (χ4n) is 8.52. The molecule has 0 amide bonds. The molecule has 0 radical (unpaired) electrons.